The van der Waals surface area contributed by atoms with E-state index in [2.05, 4.69) is 0 Å². The van der Waals surface area contributed by atoms with Crippen LogP contribution in [-0.2, 0) is 0 Å². The van der Waals surface area contributed by atoms with Crippen molar-refractivity contribution in [3.05, 3.63) is 23.3 Å². The summed E-state index contributed by atoms with van der Waals surface area (Å²) in [5.74, 6) is 0.475. The fourth-order valence-corrected chi connectivity index (χ4v) is 0.749. The largest absolute Gasteiger partial charge is 0.122 e. The highest BCUT2D eigenvalue weighted by Gasteiger charge is 1.78. The van der Waals surface area contributed by atoms with Gasteiger partial charge in [0.15, 0.2) is 0 Å². The lowest BCUT2D eigenvalue weighted by Gasteiger charge is -1.81. The van der Waals surface area contributed by atoms with E-state index in [9.17, 15) is 0 Å². The van der Waals surface area contributed by atoms with E-state index in [1.54, 1.807) is 12.2 Å². The fourth-order valence-electron chi connectivity index (χ4n) is 0.301. The van der Waals surface area contributed by atoms with Gasteiger partial charge in [0.2, 0.25) is 0 Å². The summed E-state index contributed by atoms with van der Waals surface area (Å²) in [4.78, 5) is 0. The molecule has 0 unspecified atom stereocenters. The second-order valence-electron chi connectivity index (χ2n) is 1.24. The molecule has 0 rings (SSSR count). The van der Waals surface area contributed by atoms with Crippen molar-refractivity contribution in [2.75, 3.05) is 5.88 Å². The quantitative estimate of drug-likeness (QED) is 0.420. The van der Waals surface area contributed by atoms with Gasteiger partial charge in [-0.3, -0.25) is 0 Å². The molecule has 0 bridgehead atoms. The summed E-state index contributed by atoms with van der Waals surface area (Å²) in [6.07, 6.45) is 5.40. The summed E-state index contributed by atoms with van der Waals surface area (Å²) in [5, 5.41) is 0.697. The lowest BCUT2D eigenvalue weighted by atomic mass is 10.4. The van der Waals surface area contributed by atoms with Crippen molar-refractivity contribution in [2.24, 2.45) is 0 Å². The molecule has 0 N–H and O–H groups in total. The van der Waals surface area contributed by atoms with Gasteiger partial charge < -0.3 is 0 Å². The van der Waals surface area contributed by atoms with E-state index < -0.39 is 0 Å². The van der Waals surface area contributed by atoms with E-state index in [1.165, 1.54) is 0 Å². The molecule has 0 heterocycles. The Morgan fingerprint density at radius 3 is 2.62 bits per heavy atom. The number of halogens is 2. The predicted molar refractivity (Wildman–Crippen MR) is 39.5 cm³/mol. The Morgan fingerprint density at radius 1 is 1.62 bits per heavy atom. The van der Waals surface area contributed by atoms with Crippen LogP contribution in [0.1, 0.15) is 6.92 Å². The van der Waals surface area contributed by atoms with Crippen LogP contribution in [0.15, 0.2) is 23.3 Å². The SMILES string of the molecule is CC=CC(Cl)=CCCl. The third kappa shape index (κ3) is 4.23. The zero-order valence-corrected chi connectivity index (χ0v) is 6.21. The zero-order valence-electron chi connectivity index (χ0n) is 4.70. The maximum absolute atomic E-state index is 5.57. The topological polar surface area (TPSA) is 0 Å². The molecule has 0 aliphatic rings. The van der Waals surface area contributed by atoms with Crippen LogP contribution in [0.25, 0.3) is 0 Å². The average molecular weight is 151 g/mol. The molecule has 0 nitrogen and oxygen atoms in total. The van der Waals surface area contributed by atoms with Crippen LogP contribution >= 0.6 is 23.2 Å². The van der Waals surface area contributed by atoms with Crippen LogP contribution in [0, 0.1) is 0 Å². The predicted octanol–water partition coefficient (Wildman–Crippen LogP) is 2.92. The Balaban J connectivity index is 3.61. The van der Waals surface area contributed by atoms with Gasteiger partial charge >= 0.3 is 0 Å². The summed E-state index contributed by atoms with van der Waals surface area (Å²) in [6.45, 7) is 1.91. The van der Waals surface area contributed by atoms with Crippen molar-refractivity contribution in [1.82, 2.24) is 0 Å². The van der Waals surface area contributed by atoms with Gasteiger partial charge in [0, 0.05) is 10.9 Å². The Hall–Kier alpha value is 0.0600. The number of rotatable bonds is 2. The number of hydrogen-bond acceptors (Lipinski definition) is 0. The lowest BCUT2D eigenvalue weighted by molar-refractivity contribution is 1.66. The molecule has 0 amide bonds. The van der Waals surface area contributed by atoms with Gasteiger partial charge in [0.05, 0.1) is 0 Å². The van der Waals surface area contributed by atoms with E-state index >= 15 is 0 Å². The molecule has 0 fully saturated rings. The van der Waals surface area contributed by atoms with Crippen molar-refractivity contribution in [1.29, 1.82) is 0 Å². The normalized spacial score (nSPS) is 13.1. The van der Waals surface area contributed by atoms with Gasteiger partial charge in [0.1, 0.15) is 0 Å². The Labute approximate surface area is 59.8 Å². The van der Waals surface area contributed by atoms with Crippen LogP contribution in [0.4, 0.5) is 0 Å². The molecule has 0 aliphatic heterocycles. The molecule has 0 aromatic heterocycles. The molecule has 0 aromatic rings. The molecule has 0 atom stereocenters. The first-order valence-corrected chi connectivity index (χ1v) is 3.27. The van der Waals surface area contributed by atoms with Gasteiger partial charge in [-0.15, -0.1) is 11.6 Å². The monoisotopic (exact) mass is 150 g/mol. The minimum Gasteiger partial charge on any atom is -0.122 e. The average Bonchev–Trinajstić information content (AvgIpc) is 1.68. The Kier molecular flexibility index (Phi) is 5.24. The van der Waals surface area contributed by atoms with E-state index in [1.807, 2.05) is 13.0 Å². The highest BCUT2D eigenvalue weighted by molar-refractivity contribution is 6.31. The summed E-state index contributed by atoms with van der Waals surface area (Å²) < 4.78 is 0. The lowest BCUT2D eigenvalue weighted by Crippen LogP contribution is -1.63. The molecular weight excluding hydrogens is 143 g/mol. The first-order valence-electron chi connectivity index (χ1n) is 2.35. The van der Waals surface area contributed by atoms with Crippen molar-refractivity contribution in [2.45, 2.75) is 6.92 Å². The van der Waals surface area contributed by atoms with Crippen LogP contribution < -0.4 is 0 Å². The molecule has 0 aromatic carbocycles. The van der Waals surface area contributed by atoms with Gasteiger partial charge in [-0.25, -0.2) is 0 Å². The number of hydrogen-bond donors (Lipinski definition) is 0. The van der Waals surface area contributed by atoms with Crippen LogP contribution in [0.3, 0.4) is 0 Å². The van der Waals surface area contributed by atoms with E-state index in [0.29, 0.717) is 10.9 Å². The summed E-state index contributed by atoms with van der Waals surface area (Å²) in [6, 6.07) is 0. The molecule has 46 valence electrons. The highest BCUT2D eigenvalue weighted by atomic mass is 35.5. The van der Waals surface area contributed by atoms with Crippen molar-refractivity contribution in [3.63, 3.8) is 0 Å². The zero-order chi connectivity index (χ0) is 6.41. The minimum atomic E-state index is 0.475. The van der Waals surface area contributed by atoms with Crippen LogP contribution in [0.5, 0.6) is 0 Å². The number of alkyl halides is 1. The number of allylic oxidation sites excluding steroid dienone is 4. The summed E-state index contributed by atoms with van der Waals surface area (Å²) >= 11 is 10.9. The van der Waals surface area contributed by atoms with Crippen molar-refractivity contribution in [3.8, 4) is 0 Å². The van der Waals surface area contributed by atoms with E-state index in [-0.39, 0.29) is 0 Å². The molecule has 0 radical (unpaired) electrons. The van der Waals surface area contributed by atoms with Gasteiger partial charge in [-0.05, 0) is 13.0 Å². The van der Waals surface area contributed by atoms with Gasteiger partial charge in [-0.2, -0.15) is 0 Å². The third-order valence-corrected chi connectivity index (χ3v) is 1.03. The van der Waals surface area contributed by atoms with Crippen molar-refractivity contribution < 1.29 is 0 Å². The minimum absolute atomic E-state index is 0.475. The van der Waals surface area contributed by atoms with E-state index in [0.717, 1.165) is 0 Å². The molecular formula is C6H8Cl2. The van der Waals surface area contributed by atoms with Crippen LogP contribution in [-0.4, -0.2) is 5.88 Å². The first kappa shape index (κ1) is 8.06. The van der Waals surface area contributed by atoms with Gasteiger partial charge in [-0.1, -0.05) is 23.8 Å². The highest BCUT2D eigenvalue weighted by Crippen LogP contribution is 2.02. The standard InChI is InChI=1S/C6H8Cl2/c1-2-3-6(8)4-5-7/h2-4H,5H2,1H3. The van der Waals surface area contributed by atoms with E-state index in [4.69, 9.17) is 23.2 Å². The summed E-state index contributed by atoms with van der Waals surface area (Å²) in [7, 11) is 0. The molecule has 0 aliphatic carbocycles. The fraction of sp³-hybridized carbons (Fsp3) is 0.333. The second kappa shape index (κ2) is 5.20. The molecule has 0 saturated carbocycles. The van der Waals surface area contributed by atoms with Gasteiger partial charge in [0.25, 0.3) is 0 Å². The maximum Gasteiger partial charge on any atom is 0.0421 e. The first-order chi connectivity index (χ1) is 3.81. The second-order valence-corrected chi connectivity index (χ2v) is 1.99. The van der Waals surface area contributed by atoms with Crippen molar-refractivity contribution >= 4 is 23.2 Å². The molecule has 8 heavy (non-hydrogen) atoms. The third-order valence-electron chi connectivity index (χ3n) is 0.598. The summed E-state index contributed by atoms with van der Waals surface area (Å²) in [5.41, 5.74) is 0. The molecule has 2 heteroatoms. The Morgan fingerprint density at radius 2 is 2.25 bits per heavy atom. The molecule has 0 spiro atoms. The van der Waals surface area contributed by atoms with Crippen LogP contribution in [0.2, 0.25) is 0 Å². The smallest absolute Gasteiger partial charge is 0.0421 e. The molecule has 0 saturated heterocycles. The maximum atomic E-state index is 5.57. The Bertz CT molecular complexity index is 103.